The Bertz CT molecular complexity index is 1160. The number of carbonyl (C=O) groups is 2. The number of hydrogen-bond donors (Lipinski definition) is 1. The Balaban J connectivity index is 1.22. The van der Waals surface area contributed by atoms with Crippen molar-refractivity contribution in [3.8, 4) is 5.75 Å². The highest BCUT2D eigenvalue weighted by Crippen LogP contribution is 2.33. The predicted octanol–water partition coefficient (Wildman–Crippen LogP) is 5.62. The molecule has 7 nitrogen and oxygen atoms in total. The molecule has 4 rings (SSSR count). The van der Waals surface area contributed by atoms with Crippen LogP contribution in [0.25, 0.3) is 0 Å². The van der Waals surface area contributed by atoms with Crippen LogP contribution in [0.3, 0.4) is 0 Å². The van der Waals surface area contributed by atoms with Gasteiger partial charge >= 0.3 is 0 Å². The number of amides is 2. The molecule has 1 N–H and O–H groups in total. The van der Waals surface area contributed by atoms with E-state index in [-0.39, 0.29) is 17.7 Å². The Labute approximate surface area is 224 Å². The maximum atomic E-state index is 13.2. The van der Waals surface area contributed by atoms with E-state index in [4.69, 9.17) is 20.8 Å². The fraction of sp³-hybridized carbons (Fsp3) is 0.423. The van der Waals surface area contributed by atoms with Crippen LogP contribution in [0, 0.1) is 0 Å². The van der Waals surface area contributed by atoms with Gasteiger partial charge in [0, 0.05) is 36.7 Å². The van der Waals surface area contributed by atoms with Gasteiger partial charge in [-0.1, -0.05) is 23.7 Å². The van der Waals surface area contributed by atoms with Crippen LogP contribution in [0.1, 0.15) is 53.9 Å². The summed E-state index contributed by atoms with van der Waals surface area (Å²) in [5.74, 6) is 3.03. The molecule has 0 aliphatic carbocycles. The predicted molar refractivity (Wildman–Crippen MR) is 144 cm³/mol. The summed E-state index contributed by atoms with van der Waals surface area (Å²) in [6.07, 6.45) is 3.26. The molecule has 3 aromatic rings. The summed E-state index contributed by atoms with van der Waals surface area (Å²) in [6, 6.07) is 11.0. The first-order valence-corrected chi connectivity index (χ1v) is 14.3. The summed E-state index contributed by atoms with van der Waals surface area (Å²) in [7, 11) is 0. The van der Waals surface area contributed by atoms with E-state index in [9.17, 15) is 9.59 Å². The molecule has 0 unspecified atom stereocenters. The zero-order valence-corrected chi connectivity index (χ0v) is 22.8. The molecular formula is C26H30ClN3O4S2. The maximum Gasteiger partial charge on any atom is 0.270 e. The lowest BCUT2D eigenvalue weighted by molar-refractivity contribution is -0.146. The largest absolute Gasteiger partial charge is 0.476 e. The van der Waals surface area contributed by atoms with Crippen LogP contribution in [0.15, 0.2) is 52.5 Å². The number of aromatic nitrogens is 1. The lowest BCUT2D eigenvalue weighted by atomic mass is 9.96. The van der Waals surface area contributed by atoms with Crippen molar-refractivity contribution in [2.24, 2.45) is 0 Å². The molecule has 3 heterocycles. The molecule has 0 bridgehead atoms. The van der Waals surface area contributed by atoms with Crippen molar-refractivity contribution < 1.29 is 18.7 Å². The van der Waals surface area contributed by atoms with Crippen LogP contribution in [-0.4, -0.2) is 52.7 Å². The molecule has 10 heteroatoms. The van der Waals surface area contributed by atoms with Crippen molar-refractivity contribution >= 4 is 46.5 Å². The molecule has 2 aromatic heterocycles. The number of benzene rings is 1. The molecule has 36 heavy (non-hydrogen) atoms. The van der Waals surface area contributed by atoms with E-state index in [0.717, 1.165) is 35.1 Å². The second kappa shape index (κ2) is 12.2. The van der Waals surface area contributed by atoms with Gasteiger partial charge in [0.25, 0.3) is 11.8 Å². The van der Waals surface area contributed by atoms with Gasteiger partial charge in [0.05, 0.1) is 22.0 Å². The van der Waals surface area contributed by atoms with Crippen LogP contribution in [0.4, 0.5) is 0 Å². The monoisotopic (exact) mass is 547 g/mol. The van der Waals surface area contributed by atoms with Gasteiger partial charge in [-0.15, -0.1) is 11.3 Å². The van der Waals surface area contributed by atoms with Crippen LogP contribution in [0.5, 0.6) is 5.75 Å². The lowest BCUT2D eigenvalue weighted by Gasteiger charge is -2.36. The van der Waals surface area contributed by atoms with Crippen molar-refractivity contribution in [2.45, 2.75) is 44.0 Å². The molecule has 1 fully saturated rings. The summed E-state index contributed by atoms with van der Waals surface area (Å²) in [5, 5.41) is 6.18. The fourth-order valence-electron chi connectivity index (χ4n) is 4.03. The van der Waals surface area contributed by atoms with Crippen molar-refractivity contribution in [3.63, 3.8) is 0 Å². The third-order valence-electron chi connectivity index (χ3n) is 5.96. The Morgan fingerprint density at radius 3 is 2.75 bits per heavy atom. The highest BCUT2D eigenvalue weighted by Gasteiger charge is 2.37. The van der Waals surface area contributed by atoms with E-state index in [1.807, 2.05) is 34.5 Å². The van der Waals surface area contributed by atoms with E-state index in [1.54, 1.807) is 44.0 Å². The van der Waals surface area contributed by atoms with Crippen LogP contribution < -0.4 is 10.1 Å². The van der Waals surface area contributed by atoms with E-state index in [1.165, 1.54) is 11.3 Å². The number of likely N-dealkylation sites (tertiary alicyclic amines) is 1. The first-order chi connectivity index (χ1) is 17.3. The SMILES string of the molecule is CC(C)(Oc1ccccc1Cl)C(=O)N1CCC(c2nc(C(=O)NCCSCc3ccco3)cs2)CC1. The molecule has 0 radical (unpaired) electrons. The molecule has 1 aliphatic heterocycles. The quantitative estimate of drug-likeness (QED) is 0.332. The van der Waals surface area contributed by atoms with Crippen molar-refractivity contribution in [1.29, 1.82) is 0 Å². The summed E-state index contributed by atoms with van der Waals surface area (Å²) in [6.45, 7) is 5.35. The van der Waals surface area contributed by atoms with Gasteiger partial charge in [0.2, 0.25) is 0 Å². The normalized spacial score (nSPS) is 14.6. The highest BCUT2D eigenvalue weighted by atomic mass is 35.5. The van der Waals surface area contributed by atoms with E-state index in [2.05, 4.69) is 10.3 Å². The summed E-state index contributed by atoms with van der Waals surface area (Å²) >= 11 is 9.42. The first-order valence-electron chi connectivity index (χ1n) is 11.9. The van der Waals surface area contributed by atoms with Crippen LogP contribution in [-0.2, 0) is 10.5 Å². The third kappa shape index (κ3) is 6.83. The summed E-state index contributed by atoms with van der Waals surface area (Å²) < 4.78 is 11.3. The number of rotatable bonds is 10. The number of hydrogen-bond acceptors (Lipinski definition) is 7. The van der Waals surface area contributed by atoms with Gasteiger partial charge in [-0.2, -0.15) is 11.8 Å². The van der Waals surface area contributed by atoms with Gasteiger partial charge < -0.3 is 19.4 Å². The Kier molecular flexibility index (Phi) is 8.98. The lowest BCUT2D eigenvalue weighted by Crippen LogP contribution is -2.51. The second-order valence-electron chi connectivity index (χ2n) is 9.07. The number of thioether (sulfide) groups is 1. The molecule has 1 aromatic carbocycles. The number of carbonyl (C=O) groups excluding carboxylic acids is 2. The molecule has 1 saturated heterocycles. The topological polar surface area (TPSA) is 84.7 Å². The first kappa shape index (κ1) is 26.6. The smallest absolute Gasteiger partial charge is 0.270 e. The van der Waals surface area contributed by atoms with Crippen molar-refractivity contribution in [2.75, 3.05) is 25.4 Å². The molecule has 0 atom stereocenters. The number of nitrogens with zero attached hydrogens (tertiary/aromatic N) is 2. The zero-order valence-electron chi connectivity index (χ0n) is 20.4. The summed E-state index contributed by atoms with van der Waals surface area (Å²) in [4.78, 5) is 32.1. The molecule has 192 valence electrons. The Hall–Kier alpha value is -2.49. The Morgan fingerprint density at radius 1 is 1.25 bits per heavy atom. The van der Waals surface area contributed by atoms with Gasteiger partial charge in [0.1, 0.15) is 17.2 Å². The van der Waals surface area contributed by atoms with E-state index >= 15 is 0 Å². The van der Waals surface area contributed by atoms with Gasteiger partial charge in [-0.25, -0.2) is 4.98 Å². The number of ether oxygens (including phenoxy) is 1. The van der Waals surface area contributed by atoms with E-state index < -0.39 is 5.60 Å². The van der Waals surface area contributed by atoms with E-state index in [0.29, 0.717) is 36.1 Å². The van der Waals surface area contributed by atoms with Gasteiger partial charge in [-0.05, 0) is 51.0 Å². The molecular weight excluding hydrogens is 518 g/mol. The fourth-order valence-corrected chi connectivity index (χ4v) is 5.93. The van der Waals surface area contributed by atoms with Crippen LogP contribution >= 0.6 is 34.7 Å². The number of furan rings is 1. The number of halogens is 1. The summed E-state index contributed by atoms with van der Waals surface area (Å²) in [5.41, 5.74) is -0.570. The number of nitrogens with one attached hydrogen (secondary N) is 1. The Morgan fingerprint density at radius 2 is 2.03 bits per heavy atom. The molecule has 0 spiro atoms. The zero-order chi connectivity index (χ0) is 25.5. The minimum Gasteiger partial charge on any atom is -0.476 e. The minimum atomic E-state index is -1.03. The maximum absolute atomic E-state index is 13.2. The number of thiazole rings is 1. The minimum absolute atomic E-state index is 0.0648. The van der Waals surface area contributed by atoms with Gasteiger partial charge in [-0.3, -0.25) is 9.59 Å². The average Bonchev–Trinajstić information content (AvgIpc) is 3.57. The highest BCUT2D eigenvalue weighted by molar-refractivity contribution is 7.98. The number of piperidine rings is 1. The number of para-hydroxylation sites is 1. The second-order valence-corrected chi connectivity index (χ2v) is 11.5. The van der Waals surface area contributed by atoms with Crippen LogP contribution in [0.2, 0.25) is 5.02 Å². The standard InChI is InChI=1S/C26H30ClN3O4S2/c1-26(2,34-22-8-4-3-7-20(22)27)25(32)30-12-9-18(10-13-30)24-29-21(17-36-24)23(31)28-11-15-35-16-19-6-5-14-33-19/h3-8,14,17-18H,9-13,15-16H2,1-2H3,(H,28,31). The van der Waals surface area contributed by atoms with Gasteiger partial charge in [0.15, 0.2) is 5.60 Å². The van der Waals surface area contributed by atoms with Crippen molar-refractivity contribution in [1.82, 2.24) is 15.2 Å². The third-order valence-corrected chi connectivity index (χ3v) is 8.26. The molecule has 1 aliphatic rings. The van der Waals surface area contributed by atoms with Crippen molar-refractivity contribution in [3.05, 3.63) is 69.5 Å². The molecule has 0 saturated carbocycles. The average molecular weight is 548 g/mol. The molecule has 2 amide bonds.